The number of benzene rings is 3. The van der Waals surface area contributed by atoms with Gasteiger partial charge in [0.25, 0.3) is 0 Å². The summed E-state index contributed by atoms with van der Waals surface area (Å²) in [5, 5.41) is 8.67. The predicted octanol–water partition coefficient (Wildman–Crippen LogP) is 6.50. The zero-order valence-corrected chi connectivity index (χ0v) is 25.6. The van der Waals surface area contributed by atoms with Crippen LogP contribution in [0, 0.1) is 0 Å². The van der Waals surface area contributed by atoms with Gasteiger partial charge in [0, 0.05) is 17.5 Å². The van der Waals surface area contributed by atoms with Crippen LogP contribution in [0.25, 0.3) is 17.1 Å². The first kappa shape index (κ1) is 30.7. The Bertz CT molecular complexity index is 1710. The lowest BCUT2D eigenvalue weighted by atomic mass is 10.00. The Balaban J connectivity index is 1.05. The summed E-state index contributed by atoms with van der Waals surface area (Å²) in [6.07, 6.45) is -2.24. The minimum absolute atomic E-state index is 0.0166. The van der Waals surface area contributed by atoms with Crippen LogP contribution in [0.5, 0.6) is 11.5 Å². The number of nitrogens with zero attached hydrogens (tertiary/aromatic N) is 5. The van der Waals surface area contributed by atoms with E-state index in [0.29, 0.717) is 35.0 Å². The van der Waals surface area contributed by atoms with Gasteiger partial charge < -0.3 is 9.47 Å². The van der Waals surface area contributed by atoms with Gasteiger partial charge in [-0.1, -0.05) is 49.9 Å². The van der Waals surface area contributed by atoms with Crippen LogP contribution in [0.2, 0.25) is 0 Å². The molecule has 3 aromatic carbocycles. The monoisotopic (exact) mass is 636 g/mol. The van der Waals surface area contributed by atoms with Crippen LogP contribution in [0.4, 0.5) is 18.9 Å². The normalized spacial score (nSPS) is 19.0. The number of aliphatic imine (C=N–C) groups is 1. The van der Waals surface area contributed by atoms with Gasteiger partial charge in [0.2, 0.25) is 5.91 Å². The number of ether oxygens (including phenoxy) is 2. The van der Waals surface area contributed by atoms with Crippen molar-refractivity contribution in [3.8, 4) is 28.6 Å². The molecule has 234 valence electrons. The van der Waals surface area contributed by atoms with Crippen molar-refractivity contribution in [1.82, 2.24) is 20.1 Å². The quantitative estimate of drug-likeness (QED) is 0.212. The maximum atomic E-state index is 12.8. The topological polar surface area (TPSA) is 93.9 Å². The van der Waals surface area contributed by atoms with Gasteiger partial charge in [-0.05, 0) is 65.9 Å². The maximum Gasteiger partial charge on any atom is 0.573 e. The molecule has 0 radical (unpaired) electrons. The lowest BCUT2D eigenvalue weighted by Crippen LogP contribution is -2.31. The number of carbonyl (C=O) groups excluding carboxylic acids is 1. The van der Waals surface area contributed by atoms with Crippen LogP contribution >= 0.6 is 11.8 Å². The highest BCUT2D eigenvalue weighted by molar-refractivity contribution is 8.15. The number of carbonyl (C=O) groups is 1. The van der Waals surface area contributed by atoms with Gasteiger partial charge in [-0.25, -0.2) is 14.7 Å². The summed E-state index contributed by atoms with van der Waals surface area (Å²) in [7, 11) is 1.63. The van der Waals surface area contributed by atoms with Crippen molar-refractivity contribution in [2.45, 2.75) is 44.5 Å². The summed E-state index contributed by atoms with van der Waals surface area (Å²) >= 11 is 1.45. The molecule has 1 saturated carbocycles. The van der Waals surface area contributed by atoms with E-state index in [9.17, 15) is 18.0 Å². The first-order valence-corrected chi connectivity index (χ1v) is 15.4. The Morgan fingerprint density at radius 3 is 2.49 bits per heavy atom. The van der Waals surface area contributed by atoms with E-state index in [-0.39, 0.29) is 23.6 Å². The highest BCUT2D eigenvalue weighted by Crippen LogP contribution is 2.41. The molecule has 2 fully saturated rings. The fraction of sp³-hybridized carbons (Fsp3) is 0.312. The number of alkyl halides is 3. The van der Waals surface area contributed by atoms with Crippen LogP contribution in [0.1, 0.15) is 43.2 Å². The number of halogens is 3. The van der Waals surface area contributed by atoms with Crippen LogP contribution in [0.15, 0.2) is 78.0 Å². The van der Waals surface area contributed by atoms with E-state index in [0.717, 1.165) is 29.0 Å². The van der Waals surface area contributed by atoms with Gasteiger partial charge in [-0.2, -0.15) is 0 Å². The number of rotatable bonds is 10. The highest BCUT2D eigenvalue weighted by Gasteiger charge is 2.38. The third-order valence-electron chi connectivity index (χ3n) is 7.65. The summed E-state index contributed by atoms with van der Waals surface area (Å²) in [6.45, 7) is 4.59. The van der Waals surface area contributed by atoms with Crippen molar-refractivity contribution in [3.63, 3.8) is 0 Å². The van der Waals surface area contributed by atoms with Crippen molar-refractivity contribution < 1.29 is 27.4 Å². The SMILES string of the molecule is COc1ccc(N2C(=O)CS/C2=N\CNC2CC2c2ccc(-c3ncn(-c4ccc(OC(F)(F)F)cc4)n3)cc2)c(C(C)C)c1. The van der Waals surface area contributed by atoms with Crippen molar-refractivity contribution in [2.75, 3.05) is 24.4 Å². The van der Waals surface area contributed by atoms with E-state index in [1.54, 1.807) is 12.0 Å². The summed E-state index contributed by atoms with van der Waals surface area (Å²) in [5.74, 6) is 1.90. The smallest absolute Gasteiger partial charge is 0.497 e. The fourth-order valence-electron chi connectivity index (χ4n) is 5.26. The molecule has 2 heterocycles. The molecule has 0 spiro atoms. The summed E-state index contributed by atoms with van der Waals surface area (Å²) < 4.78 is 48.1. The molecule has 45 heavy (non-hydrogen) atoms. The number of hydrogen-bond acceptors (Lipinski definition) is 8. The zero-order valence-electron chi connectivity index (χ0n) is 24.8. The molecule has 9 nitrogen and oxygen atoms in total. The van der Waals surface area contributed by atoms with Crippen molar-refractivity contribution in [1.29, 1.82) is 0 Å². The largest absolute Gasteiger partial charge is 0.573 e. The average Bonchev–Trinajstić information content (AvgIpc) is 3.44. The molecule has 4 aromatic rings. The number of amidine groups is 1. The third kappa shape index (κ3) is 6.99. The number of aromatic nitrogens is 3. The minimum atomic E-state index is -4.74. The number of anilines is 1. The molecule has 2 aliphatic rings. The first-order valence-electron chi connectivity index (χ1n) is 14.4. The number of amides is 1. The maximum absolute atomic E-state index is 12.8. The van der Waals surface area contributed by atoms with E-state index in [4.69, 9.17) is 9.73 Å². The molecule has 1 aliphatic heterocycles. The molecule has 1 amide bonds. The summed E-state index contributed by atoms with van der Waals surface area (Å²) in [4.78, 5) is 23.7. The summed E-state index contributed by atoms with van der Waals surface area (Å²) in [6, 6.07) is 19.5. The Hall–Kier alpha value is -4.36. The molecular formula is C32H31F3N6O3S. The Kier molecular flexibility index (Phi) is 8.56. The van der Waals surface area contributed by atoms with Gasteiger partial charge in [-0.3, -0.25) is 15.0 Å². The van der Waals surface area contributed by atoms with Gasteiger partial charge >= 0.3 is 6.36 Å². The van der Waals surface area contributed by atoms with E-state index in [2.05, 4.69) is 46.1 Å². The lowest BCUT2D eigenvalue weighted by molar-refractivity contribution is -0.274. The van der Waals surface area contributed by atoms with Gasteiger partial charge in [0.05, 0.1) is 30.9 Å². The van der Waals surface area contributed by atoms with Crippen molar-refractivity contribution in [3.05, 3.63) is 84.2 Å². The third-order valence-corrected chi connectivity index (χ3v) is 8.61. The zero-order chi connectivity index (χ0) is 31.7. The van der Waals surface area contributed by atoms with E-state index in [1.165, 1.54) is 52.6 Å². The molecule has 1 N–H and O–H groups in total. The van der Waals surface area contributed by atoms with Gasteiger partial charge in [-0.15, -0.1) is 18.3 Å². The molecule has 0 bridgehead atoms. The predicted molar refractivity (Wildman–Crippen MR) is 167 cm³/mol. The first-order chi connectivity index (χ1) is 21.6. The van der Waals surface area contributed by atoms with Crippen molar-refractivity contribution >= 4 is 28.5 Å². The molecule has 6 rings (SSSR count). The van der Waals surface area contributed by atoms with E-state index < -0.39 is 6.36 Å². The second kappa shape index (κ2) is 12.6. The molecule has 1 saturated heterocycles. The van der Waals surface area contributed by atoms with Crippen LogP contribution < -0.4 is 19.7 Å². The van der Waals surface area contributed by atoms with Crippen molar-refractivity contribution in [2.24, 2.45) is 4.99 Å². The van der Waals surface area contributed by atoms with Gasteiger partial charge in [0.15, 0.2) is 11.0 Å². The molecule has 2 atom stereocenters. The van der Waals surface area contributed by atoms with Crippen LogP contribution in [-0.4, -0.2) is 57.8 Å². The highest BCUT2D eigenvalue weighted by atomic mass is 32.2. The Morgan fingerprint density at radius 2 is 1.80 bits per heavy atom. The lowest BCUT2D eigenvalue weighted by Gasteiger charge is -2.22. The van der Waals surface area contributed by atoms with Crippen LogP contribution in [-0.2, 0) is 4.79 Å². The molecule has 13 heteroatoms. The minimum Gasteiger partial charge on any atom is -0.497 e. The Morgan fingerprint density at radius 1 is 1.07 bits per heavy atom. The van der Waals surface area contributed by atoms with Gasteiger partial charge in [0.1, 0.15) is 17.8 Å². The van der Waals surface area contributed by atoms with E-state index >= 15 is 0 Å². The standard InChI is InChI=1S/C32H31F3N6O3S/c1-19(2)25-14-24(43-3)12-13-28(25)41-29(42)16-45-31(41)37-17-36-27-15-26(27)20-4-6-21(7-5-20)30-38-18-40(39-30)22-8-10-23(11-9-22)44-32(33,34)35/h4-14,18-19,26-27,36H,15-17H2,1-3H3/b37-31-. The Labute approximate surface area is 262 Å². The number of methoxy groups -OCH3 is 1. The second-order valence-corrected chi connectivity index (χ2v) is 12.0. The molecule has 1 aliphatic carbocycles. The van der Waals surface area contributed by atoms with E-state index in [1.807, 2.05) is 30.3 Å². The molecule has 2 unspecified atom stereocenters. The average molecular weight is 637 g/mol. The number of nitrogens with one attached hydrogen (secondary N) is 1. The second-order valence-electron chi connectivity index (χ2n) is 11.0. The number of hydrogen-bond donors (Lipinski definition) is 1. The summed E-state index contributed by atoms with van der Waals surface area (Å²) in [5.41, 5.74) is 4.45. The molecular weight excluding hydrogens is 605 g/mol. The van der Waals surface area contributed by atoms with Crippen LogP contribution in [0.3, 0.4) is 0 Å². The number of thioether (sulfide) groups is 1. The fourth-order valence-corrected chi connectivity index (χ4v) is 6.13. The molecule has 1 aromatic heterocycles.